The zero-order valence-electron chi connectivity index (χ0n) is 18.1. The summed E-state index contributed by atoms with van der Waals surface area (Å²) in [6, 6.07) is 22.4. The monoisotopic (exact) mass is 464 g/mol. The van der Waals surface area contributed by atoms with Gasteiger partial charge in [-0.1, -0.05) is 48.5 Å². The van der Waals surface area contributed by atoms with E-state index in [1.54, 1.807) is 66.7 Å². The molecule has 0 radical (unpaired) electrons. The molecule has 1 unspecified atom stereocenters. The van der Waals surface area contributed by atoms with Gasteiger partial charge in [0.2, 0.25) is 15.9 Å². The van der Waals surface area contributed by atoms with Gasteiger partial charge in [0.1, 0.15) is 11.8 Å². The quantitative estimate of drug-likeness (QED) is 0.476. The highest BCUT2D eigenvalue weighted by Gasteiger charge is 2.46. The number of rotatable bonds is 8. The number of anilines is 1. The van der Waals surface area contributed by atoms with Crippen LogP contribution in [-0.2, 0) is 26.2 Å². The highest BCUT2D eigenvalue weighted by molar-refractivity contribution is 7.89. The maximum absolute atomic E-state index is 13.6. The summed E-state index contributed by atoms with van der Waals surface area (Å²) in [6.45, 7) is 2.33. The van der Waals surface area contributed by atoms with Gasteiger partial charge in [-0.25, -0.2) is 13.3 Å². The Labute approximate surface area is 193 Å². The lowest BCUT2D eigenvalue weighted by molar-refractivity contribution is -0.122. The second-order valence-electron chi connectivity index (χ2n) is 7.56. The van der Waals surface area contributed by atoms with Gasteiger partial charge in [0, 0.05) is 6.54 Å². The van der Waals surface area contributed by atoms with Gasteiger partial charge >= 0.3 is 0 Å². The molecular formula is C25H24N2O5S. The minimum Gasteiger partial charge on any atom is -0.494 e. The minimum atomic E-state index is -4.05. The first-order valence-corrected chi connectivity index (χ1v) is 12.1. The van der Waals surface area contributed by atoms with Gasteiger partial charge in [-0.05, 0) is 48.9 Å². The molecule has 0 aliphatic carbocycles. The molecule has 0 spiro atoms. The Morgan fingerprint density at radius 3 is 2.12 bits per heavy atom. The highest BCUT2D eigenvalue weighted by Crippen LogP contribution is 2.31. The highest BCUT2D eigenvalue weighted by atomic mass is 32.2. The summed E-state index contributed by atoms with van der Waals surface area (Å²) < 4.78 is 33.7. The van der Waals surface area contributed by atoms with Crippen LogP contribution in [0.5, 0.6) is 5.75 Å². The molecule has 1 atom stereocenters. The van der Waals surface area contributed by atoms with Crippen LogP contribution in [0.4, 0.5) is 5.69 Å². The van der Waals surface area contributed by atoms with Crippen LogP contribution in [0.25, 0.3) is 0 Å². The number of hydrogen-bond acceptors (Lipinski definition) is 5. The molecule has 1 aliphatic rings. The van der Waals surface area contributed by atoms with Crippen LogP contribution in [-0.4, -0.2) is 37.2 Å². The summed E-state index contributed by atoms with van der Waals surface area (Å²) in [6.07, 6.45) is -0.231. The second-order valence-corrected chi connectivity index (χ2v) is 9.45. The Kier molecular flexibility index (Phi) is 6.57. The Morgan fingerprint density at radius 1 is 0.909 bits per heavy atom. The molecule has 3 aromatic carbocycles. The fourth-order valence-corrected chi connectivity index (χ4v) is 5.41. The van der Waals surface area contributed by atoms with Gasteiger partial charge in [-0.2, -0.15) is 4.31 Å². The van der Waals surface area contributed by atoms with E-state index in [9.17, 15) is 18.0 Å². The predicted molar refractivity (Wildman–Crippen MR) is 124 cm³/mol. The molecule has 0 N–H and O–H groups in total. The van der Waals surface area contributed by atoms with Crippen LogP contribution >= 0.6 is 0 Å². The maximum atomic E-state index is 13.6. The van der Waals surface area contributed by atoms with E-state index in [0.717, 1.165) is 14.8 Å². The molecule has 7 nitrogen and oxygen atoms in total. The lowest BCUT2D eigenvalue weighted by Gasteiger charge is -2.27. The Bertz CT molecular complexity index is 1230. The lowest BCUT2D eigenvalue weighted by Crippen LogP contribution is -2.45. The molecule has 0 aromatic heterocycles. The average Bonchev–Trinajstić information content (AvgIpc) is 3.13. The number of carbonyl (C=O) groups excluding carboxylic acids is 2. The van der Waals surface area contributed by atoms with Crippen molar-refractivity contribution in [1.29, 1.82) is 0 Å². The summed E-state index contributed by atoms with van der Waals surface area (Å²) in [5.41, 5.74) is 1.10. The van der Waals surface area contributed by atoms with Crippen molar-refractivity contribution in [3.05, 3.63) is 90.5 Å². The number of benzene rings is 3. The van der Waals surface area contributed by atoms with Crippen molar-refractivity contribution in [3.63, 3.8) is 0 Å². The van der Waals surface area contributed by atoms with Crippen molar-refractivity contribution in [1.82, 2.24) is 4.31 Å². The molecule has 1 saturated heterocycles. The molecule has 1 aliphatic heterocycles. The molecule has 3 aromatic rings. The molecule has 4 rings (SSSR count). The number of sulfonamides is 1. The fraction of sp³-hybridized carbons (Fsp3) is 0.200. The average molecular weight is 465 g/mol. The van der Waals surface area contributed by atoms with Crippen molar-refractivity contribution in [3.8, 4) is 5.75 Å². The number of carbonyl (C=O) groups is 2. The van der Waals surface area contributed by atoms with E-state index >= 15 is 0 Å². The first-order valence-electron chi connectivity index (χ1n) is 10.6. The maximum Gasteiger partial charge on any atom is 0.252 e. The van der Waals surface area contributed by atoms with Crippen molar-refractivity contribution >= 4 is 27.5 Å². The zero-order chi connectivity index (χ0) is 23.4. The second kappa shape index (κ2) is 9.56. The van der Waals surface area contributed by atoms with E-state index in [0.29, 0.717) is 18.0 Å². The smallest absolute Gasteiger partial charge is 0.252 e. The molecule has 1 fully saturated rings. The third-order valence-corrected chi connectivity index (χ3v) is 7.28. The Morgan fingerprint density at radius 2 is 1.52 bits per heavy atom. The number of hydrogen-bond donors (Lipinski definition) is 0. The molecule has 1 heterocycles. The number of nitrogens with zero attached hydrogens (tertiary/aromatic N) is 2. The van der Waals surface area contributed by atoms with Gasteiger partial charge < -0.3 is 4.74 Å². The summed E-state index contributed by atoms with van der Waals surface area (Å²) in [5.74, 6) is -0.399. The van der Waals surface area contributed by atoms with Crippen molar-refractivity contribution < 1.29 is 22.7 Å². The summed E-state index contributed by atoms with van der Waals surface area (Å²) in [5, 5.41) is 0. The molecule has 0 bridgehead atoms. The van der Waals surface area contributed by atoms with Gasteiger partial charge in [0.25, 0.3) is 5.91 Å². The predicted octanol–water partition coefficient (Wildman–Crippen LogP) is 3.61. The third-order valence-electron chi connectivity index (χ3n) is 5.41. The molecule has 8 heteroatoms. The van der Waals surface area contributed by atoms with Crippen LogP contribution in [0.2, 0.25) is 0 Å². The summed E-state index contributed by atoms with van der Waals surface area (Å²) >= 11 is 0. The molecular weight excluding hydrogens is 440 g/mol. The Hall–Kier alpha value is -3.49. The molecule has 0 saturated carbocycles. The summed E-state index contributed by atoms with van der Waals surface area (Å²) in [4.78, 5) is 27.4. The molecule has 2 amide bonds. The standard InChI is InChI=1S/C25H24N2O5S/c1-2-32-21-15-13-20(14-16-21)27-24(28)17-23(25(27)29)26(18-19-9-5-3-6-10-19)33(30,31)22-11-7-4-8-12-22/h3-16,23H,2,17-18H2,1H3. The van der Waals surface area contributed by atoms with Crippen LogP contribution in [0, 0.1) is 0 Å². The van der Waals surface area contributed by atoms with Crippen LogP contribution in [0.1, 0.15) is 18.9 Å². The zero-order valence-corrected chi connectivity index (χ0v) is 18.9. The van der Waals surface area contributed by atoms with Crippen molar-refractivity contribution in [2.75, 3.05) is 11.5 Å². The van der Waals surface area contributed by atoms with Gasteiger partial charge in [0.15, 0.2) is 0 Å². The van der Waals surface area contributed by atoms with Crippen LogP contribution < -0.4 is 9.64 Å². The van der Waals surface area contributed by atoms with E-state index in [1.165, 1.54) is 12.1 Å². The summed E-state index contributed by atoms with van der Waals surface area (Å²) in [7, 11) is -4.05. The lowest BCUT2D eigenvalue weighted by atomic mass is 10.2. The number of ether oxygens (including phenoxy) is 1. The van der Waals surface area contributed by atoms with Crippen molar-refractivity contribution in [2.24, 2.45) is 0 Å². The van der Waals surface area contributed by atoms with E-state index in [1.807, 2.05) is 13.0 Å². The van der Waals surface area contributed by atoms with Gasteiger partial charge in [-0.3, -0.25) is 9.59 Å². The largest absolute Gasteiger partial charge is 0.494 e. The van der Waals surface area contributed by atoms with Crippen molar-refractivity contribution in [2.45, 2.75) is 30.8 Å². The van der Waals surface area contributed by atoms with E-state index in [2.05, 4.69) is 0 Å². The van der Waals surface area contributed by atoms with E-state index < -0.39 is 27.9 Å². The normalized spacial score (nSPS) is 16.4. The van der Waals surface area contributed by atoms with Crippen LogP contribution in [0.15, 0.2) is 89.8 Å². The van der Waals surface area contributed by atoms with E-state index in [4.69, 9.17) is 4.74 Å². The first-order chi connectivity index (χ1) is 15.9. The third kappa shape index (κ3) is 4.67. The molecule has 170 valence electrons. The number of amides is 2. The van der Waals surface area contributed by atoms with Gasteiger partial charge in [-0.15, -0.1) is 0 Å². The first kappa shape index (κ1) is 22.7. The van der Waals surface area contributed by atoms with E-state index in [-0.39, 0.29) is 17.9 Å². The number of imide groups is 1. The fourth-order valence-electron chi connectivity index (χ4n) is 3.82. The van der Waals surface area contributed by atoms with Gasteiger partial charge in [0.05, 0.1) is 23.6 Å². The minimum absolute atomic E-state index is 0.0289. The van der Waals surface area contributed by atoms with Crippen LogP contribution in [0.3, 0.4) is 0 Å². The SMILES string of the molecule is CCOc1ccc(N2C(=O)CC(N(Cc3ccccc3)S(=O)(=O)c3ccccc3)C2=O)cc1. The molecule has 33 heavy (non-hydrogen) atoms. The topological polar surface area (TPSA) is 84.0 Å². The Balaban J connectivity index is 1.70.